The zero-order chi connectivity index (χ0) is 68.3. The number of nitriles is 1. The Morgan fingerprint density at radius 2 is 0.442 bits per heavy atom. The Kier molecular flexibility index (Phi) is 12.4. The summed E-state index contributed by atoms with van der Waals surface area (Å²) in [6.07, 6.45) is 0. The molecule has 0 radical (unpaired) electrons. The lowest BCUT2D eigenvalue weighted by Gasteiger charge is -2.21. The van der Waals surface area contributed by atoms with Crippen LogP contribution in [-0.2, 0) is 0 Å². The molecule has 0 saturated carbocycles. The molecule has 482 valence electrons. The molecule has 0 aliphatic carbocycles. The Labute approximate surface area is 595 Å². The van der Waals surface area contributed by atoms with Crippen molar-refractivity contribution in [3.63, 3.8) is 0 Å². The third kappa shape index (κ3) is 8.42. The third-order valence-electron chi connectivity index (χ3n) is 21.6. The van der Waals surface area contributed by atoms with Crippen molar-refractivity contribution in [1.82, 2.24) is 37.4 Å². The molecule has 104 heavy (non-hydrogen) atoms. The first-order valence-corrected chi connectivity index (χ1v) is 35.3. The highest BCUT2D eigenvalue weighted by Gasteiger charge is 2.29. The summed E-state index contributed by atoms with van der Waals surface area (Å²) in [5.74, 6) is 0.497. The average Bonchev–Trinajstić information content (AvgIpc) is 1.53. The maximum Gasteiger partial charge on any atom is 0.164 e. The van der Waals surface area contributed by atoms with Crippen LogP contribution in [0.4, 0.5) is 0 Å². The topological polar surface area (TPSA) is 79.2 Å². The van der Waals surface area contributed by atoms with Gasteiger partial charge in [0.25, 0.3) is 0 Å². The van der Waals surface area contributed by atoms with Gasteiger partial charge in [-0.2, -0.15) is 5.26 Å². The smallest absolute Gasteiger partial charge is 0.164 e. The molecular formula is C95H57N9. The third-order valence-corrected chi connectivity index (χ3v) is 21.6. The van der Waals surface area contributed by atoms with Gasteiger partial charge in [0.2, 0.25) is 0 Å². The average molecular weight is 1320 g/mol. The van der Waals surface area contributed by atoms with Gasteiger partial charge in [-0.3, -0.25) is 0 Å². The molecule has 0 saturated heterocycles. The van der Waals surface area contributed by atoms with Gasteiger partial charge in [-0.25, -0.2) is 9.97 Å². The lowest BCUT2D eigenvalue weighted by atomic mass is 10.0. The van der Waals surface area contributed by atoms with E-state index in [-0.39, 0.29) is 0 Å². The zero-order valence-electron chi connectivity index (χ0n) is 55.9. The second-order valence-corrected chi connectivity index (χ2v) is 27.2. The van der Waals surface area contributed by atoms with Crippen molar-refractivity contribution in [1.29, 1.82) is 5.26 Å². The molecule has 22 rings (SSSR count). The minimum absolute atomic E-state index is 0.471. The Bertz CT molecular complexity index is 6450. The van der Waals surface area contributed by atoms with Gasteiger partial charge < -0.3 is 27.4 Å². The highest BCUT2D eigenvalue weighted by atomic mass is 15.1. The molecule has 0 bridgehead atoms. The normalized spacial score (nSPS) is 12.0. The molecule has 0 fully saturated rings. The van der Waals surface area contributed by atoms with Gasteiger partial charge in [-0.05, 0) is 140 Å². The summed E-state index contributed by atoms with van der Waals surface area (Å²) in [6, 6.07) is 127. The van der Waals surface area contributed by atoms with Gasteiger partial charge >= 0.3 is 0 Å². The number of para-hydroxylation sites is 8. The Morgan fingerprint density at radius 3 is 0.692 bits per heavy atom. The van der Waals surface area contributed by atoms with Crippen LogP contribution in [0.1, 0.15) is 5.56 Å². The van der Waals surface area contributed by atoms with E-state index in [0.29, 0.717) is 11.4 Å². The summed E-state index contributed by atoms with van der Waals surface area (Å²) in [7, 11) is 0. The van der Waals surface area contributed by atoms with Gasteiger partial charge in [0.15, 0.2) is 5.82 Å². The SMILES string of the molecule is N#Cc1cc(-n2c3ccc(-n4c5ccccc5c5ccccc54)cc3c3cc(-n4c5ccccc5c5ccccc54)ccc32)c(-c2nc(-c3ccccc3)cc(-c3ccccc3)n2)c(-n2c3ccc(-n4c5ccccc5c5ccccc54)cc3c3cc(-n4c5ccccc5c5ccccc54)ccc32)c1. The molecule has 0 atom stereocenters. The van der Waals surface area contributed by atoms with E-state index in [1.54, 1.807) is 0 Å². The van der Waals surface area contributed by atoms with E-state index < -0.39 is 0 Å². The van der Waals surface area contributed by atoms with Gasteiger partial charge in [0.1, 0.15) is 0 Å². The quantitative estimate of drug-likeness (QED) is 0.144. The van der Waals surface area contributed by atoms with E-state index in [1.807, 2.05) is 12.1 Å². The largest absolute Gasteiger partial charge is 0.309 e. The fraction of sp³-hybridized carbons (Fsp3) is 0. The second-order valence-electron chi connectivity index (χ2n) is 27.2. The van der Waals surface area contributed by atoms with Crippen molar-refractivity contribution in [2.45, 2.75) is 0 Å². The highest BCUT2D eigenvalue weighted by molar-refractivity contribution is 6.18. The number of fused-ring (bicyclic) bond motifs is 18. The van der Waals surface area contributed by atoms with Crippen LogP contribution in [0.2, 0.25) is 0 Å². The van der Waals surface area contributed by atoms with Crippen molar-refractivity contribution in [2.24, 2.45) is 0 Å². The molecule has 22 aromatic rings. The Balaban J connectivity index is 0.886. The second kappa shape index (κ2) is 22.3. The molecule has 15 aromatic carbocycles. The van der Waals surface area contributed by atoms with E-state index in [2.05, 4.69) is 367 Å². The van der Waals surface area contributed by atoms with Crippen molar-refractivity contribution in [2.75, 3.05) is 0 Å². The standard InChI is InChI=1S/C95H57N9/c96-58-59-51-92(103-88-47-43-62(99-80-35-15-7-27-66(80)67-28-8-16-36-81(67)99)53-74(88)75-54-63(44-48-89(75)103)100-82-37-17-9-29-68(82)69-30-10-18-38-83(69)100)94(95-97-78(60-23-3-1-4-24-60)57-79(98-95)61-25-5-2-6-26-61)93(52-59)104-90-49-45-64(101-84-39-19-11-31-70(84)71-32-12-20-40-85(71)101)55-76(90)77-56-65(46-50-91(77)104)102-86-41-21-13-33-72(86)73-34-14-22-42-87(73)102/h1-57H. The van der Waals surface area contributed by atoms with Crippen LogP contribution in [0.5, 0.6) is 0 Å². The highest BCUT2D eigenvalue weighted by Crippen LogP contribution is 2.47. The van der Waals surface area contributed by atoms with E-state index >= 15 is 0 Å². The number of rotatable bonds is 9. The first kappa shape index (κ1) is 57.6. The molecule has 0 spiro atoms. The molecular weight excluding hydrogens is 1270 g/mol. The molecule has 9 nitrogen and oxygen atoms in total. The van der Waals surface area contributed by atoms with Crippen LogP contribution >= 0.6 is 0 Å². The first-order chi connectivity index (χ1) is 51.6. The summed E-state index contributed by atoms with van der Waals surface area (Å²) >= 11 is 0. The van der Waals surface area contributed by atoms with Gasteiger partial charge in [0.05, 0.1) is 106 Å². The fourth-order valence-corrected chi connectivity index (χ4v) is 17.2. The predicted molar refractivity (Wildman–Crippen MR) is 429 cm³/mol. The zero-order valence-corrected chi connectivity index (χ0v) is 55.9. The Morgan fingerprint density at radius 1 is 0.212 bits per heavy atom. The fourth-order valence-electron chi connectivity index (χ4n) is 17.2. The molecule has 9 heteroatoms. The minimum atomic E-state index is 0.471. The predicted octanol–water partition coefficient (Wildman–Crippen LogP) is 23.9. The van der Waals surface area contributed by atoms with Crippen LogP contribution in [0.25, 0.3) is 199 Å². The summed E-state index contributed by atoms with van der Waals surface area (Å²) < 4.78 is 14.4. The van der Waals surface area contributed by atoms with Gasteiger partial charge in [0, 0.05) is 98.5 Å². The molecule has 7 aromatic heterocycles. The van der Waals surface area contributed by atoms with E-state index in [0.717, 1.165) is 150 Å². The van der Waals surface area contributed by atoms with Crippen LogP contribution in [0.3, 0.4) is 0 Å². The molecule has 0 amide bonds. The number of benzene rings is 15. The monoisotopic (exact) mass is 1320 g/mol. The molecule has 7 heterocycles. The summed E-state index contributed by atoms with van der Waals surface area (Å²) in [5, 5.41) is 25.6. The lowest BCUT2D eigenvalue weighted by molar-refractivity contribution is 1.09. The van der Waals surface area contributed by atoms with Gasteiger partial charge in [-0.1, -0.05) is 206 Å². The molecule has 0 aliphatic heterocycles. The van der Waals surface area contributed by atoms with Crippen molar-refractivity contribution in [3.8, 4) is 74.1 Å². The maximum atomic E-state index is 11.9. The molecule has 0 unspecified atom stereocenters. The summed E-state index contributed by atoms with van der Waals surface area (Å²) in [4.78, 5) is 11.6. The lowest BCUT2D eigenvalue weighted by Crippen LogP contribution is -2.08. The summed E-state index contributed by atoms with van der Waals surface area (Å²) in [5.41, 5.74) is 23.0. The van der Waals surface area contributed by atoms with E-state index in [4.69, 9.17) is 9.97 Å². The molecule has 0 aliphatic rings. The number of hydrogen-bond acceptors (Lipinski definition) is 3. The van der Waals surface area contributed by atoms with E-state index in [9.17, 15) is 5.26 Å². The first-order valence-electron chi connectivity index (χ1n) is 35.3. The number of aromatic nitrogens is 8. The maximum absolute atomic E-state index is 11.9. The van der Waals surface area contributed by atoms with Crippen molar-refractivity contribution in [3.05, 3.63) is 351 Å². The van der Waals surface area contributed by atoms with Crippen LogP contribution < -0.4 is 0 Å². The Hall–Kier alpha value is -14.3. The van der Waals surface area contributed by atoms with E-state index in [1.165, 1.54) is 43.1 Å². The van der Waals surface area contributed by atoms with Gasteiger partial charge in [-0.15, -0.1) is 0 Å². The molecule has 0 N–H and O–H groups in total. The number of nitrogens with zero attached hydrogens (tertiary/aromatic N) is 9. The van der Waals surface area contributed by atoms with Crippen LogP contribution in [0, 0.1) is 11.3 Å². The van der Waals surface area contributed by atoms with Crippen LogP contribution in [0.15, 0.2) is 346 Å². The van der Waals surface area contributed by atoms with Crippen molar-refractivity contribution < 1.29 is 0 Å². The van der Waals surface area contributed by atoms with Crippen LogP contribution in [-0.4, -0.2) is 37.4 Å². The number of hydrogen-bond donors (Lipinski definition) is 0. The summed E-state index contributed by atoms with van der Waals surface area (Å²) in [6.45, 7) is 0. The van der Waals surface area contributed by atoms with Crippen molar-refractivity contribution >= 4 is 131 Å². The minimum Gasteiger partial charge on any atom is -0.309 e.